The van der Waals surface area contributed by atoms with Crippen LogP contribution in [0, 0.1) is 5.41 Å². The van der Waals surface area contributed by atoms with Gasteiger partial charge in [0.15, 0.2) is 0 Å². The molecule has 102 valence electrons. The van der Waals surface area contributed by atoms with Crippen LogP contribution in [0.1, 0.15) is 19.4 Å². The Bertz CT molecular complexity index is 557. The quantitative estimate of drug-likeness (QED) is 0.832. The zero-order chi connectivity index (χ0) is 14.3. The lowest BCUT2D eigenvalue weighted by Crippen LogP contribution is -2.00. The molecule has 2 rings (SSSR count). The maximum atomic E-state index is 9.00. The highest BCUT2D eigenvalue weighted by atomic mass is 16.5. The molecule has 1 heterocycles. The maximum Gasteiger partial charge on any atom is 0.300 e. The van der Waals surface area contributed by atoms with E-state index in [1.807, 2.05) is 42.0 Å². The Balaban J connectivity index is 0.000000399. The number of hydrogen-bond acceptors (Lipinski definition) is 3. The van der Waals surface area contributed by atoms with E-state index in [9.17, 15) is 0 Å². The minimum Gasteiger partial charge on any atom is -0.481 e. The summed E-state index contributed by atoms with van der Waals surface area (Å²) in [6, 6.07) is 8.05. The van der Waals surface area contributed by atoms with Gasteiger partial charge in [0, 0.05) is 36.9 Å². The summed E-state index contributed by atoms with van der Waals surface area (Å²) < 4.78 is 7.40. The van der Waals surface area contributed by atoms with Gasteiger partial charge in [-0.05, 0) is 13.0 Å². The normalized spacial score (nSPS) is 9.79. The van der Waals surface area contributed by atoms with Crippen LogP contribution in [0.25, 0.3) is 10.9 Å². The maximum absolute atomic E-state index is 9.00. The summed E-state index contributed by atoms with van der Waals surface area (Å²) in [4.78, 5) is 9.00. The standard InChI is InChI=1S/C12H14N2O.C2H4O2/c1-2-15-9-14-8-10(7-13)11-5-3-4-6-12(11)14;1-2(3)4/h3-8,13H,2,9H2,1H3;1H3,(H,3,4). The Morgan fingerprint density at radius 2 is 2.11 bits per heavy atom. The Morgan fingerprint density at radius 1 is 1.47 bits per heavy atom. The SMILES string of the molecule is CC(=O)O.CCOCn1cc(C=N)c2ccccc21. The number of nitrogens with zero attached hydrogens (tertiary/aromatic N) is 1. The van der Waals surface area contributed by atoms with Gasteiger partial charge in [0.2, 0.25) is 0 Å². The third kappa shape index (κ3) is 4.22. The van der Waals surface area contributed by atoms with Crippen molar-refractivity contribution in [1.29, 1.82) is 5.41 Å². The van der Waals surface area contributed by atoms with Crippen LogP contribution in [-0.4, -0.2) is 28.5 Å². The van der Waals surface area contributed by atoms with Crippen LogP contribution in [0.15, 0.2) is 30.5 Å². The summed E-state index contributed by atoms with van der Waals surface area (Å²) in [7, 11) is 0. The number of rotatable bonds is 4. The average Bonchev–Trinajstić information content (AvgIpc) is 2.74. The minimum absolute atomic E-state index is 0.546. The first kappa shape index (κ1) is 14.9. The summed E-state index contributed by atoms with van der Waals surface area (Å²) in [6.45, 7) is 4.31. The highest BCUT2D eigenvalue weighted by Gasteiger charge is 2.04. The lowest BCUT2D eigenvalue weighted by molar-refractivity contribution is -0.134. The zero-order valence-corrected chi connectivity index (χ0v) is 11.1. The number of para-hydroxylation sites is 1. The molecule has 2 N–H and O–H groups in total. The van der Waals surface area contributed by atoms with Gasteiger partial charge in [-0.2, -0.15) is 0 Å². The topological polar surface area (TPSA) is 75.3 Å². The number of benzene rings is 1. The van der Waals surface area contributed by atoms with Crippen molar-refractivity contribution >= 4 is 23.1 Å². The molecular formula is C14H18N2O3. The molecule has 0 aliphatic heterocycles. The second-order valence-corrected chi connectivity index (χ2v) is 3.86. The lowest BCUT2D eigenvalue weighted by atomic mass is 10.2. The molecule has 0 atom stereocenters. The van der Waals surface area contributed by atoms with Gasteiger partial charge in [0.1, 0.15) is 6.73 Å². The molecule has 19 heavy (non-hydrogen) atoms. The Labute approximate surface area is 111 Å². The Hall–Kier alpha value is -2.14. The molecule has 0 amide bonds. The molecule has 0 unspecified atom stereocenters. The van der Waals surface area contributed by atoms with E-state index in [2.05, 4.69) is 0 Å². The van der Waals surface area contributed by atoms with Crippen molar-refractivity contribution in [3.63, 3.8) is 0 Å². The van der Waals surface area contributed by atoms with Gasteiger partial charge in [-0.1, -0.05) is 18.2 Å². The highest BCUT2D eigenvalue weighted by molar-refractivity contribution is 5.98. The summed E-state index contributed by atoms with van der Waals surface area (Å²) in [5.41, 5.74) is 2.05. The fourth-order valence-electron chi connectivity index (χ4n) is 1.69. The van der Waals surface area contributed by atoms with Crippen LogP contribution in [0.4, 0.5) is 0 Å². The third-order valence-corrected chi connectivity index (χ3v) is 2.41. The number of hydrogen-bond donors (Lipinski definition) is 2. The average molecular weight is 262 g/mol. The first-order chi connectivity index (χ1) is 9.10. The van der Waals surface area contributed by atoms with Gasteiger partial charge >= 0.3 is 0 Å². The monoisotopic (exact) mass is 262 g/mol. The van der Waals surface area contributed by atoms with E-state index in [1.54, 1.807) is 0 Å². The van der Waals surface area contributed by atoms with E-state index in [1.165, 1.54) is 6.21 Å². The number of aliphatic carboxylic acids is 1. The number of ether oxygens (including phenoxy) is 1. The van der Waals surface area contributed by atoms with Gasteiger partial charge in [0.25, 0.3) is 5.97 Å². The van der Waals surface area contributed by atoms with Gasteiger partial charge in [-0.15, -0.1) is 0 Å². The van der Waals surface area contributed by atoms with Crippen LogP contribution in [0.3, 0.4) is 0 Å². The molecule has 0 fully saturated rings. The predicted octanol–water partition coefficient (Wildman–Crippen LogP) is 2.72. The van der Waals surface area contributed by atoms with Crippen molar-refractivity contribution in [2.45, 2.75) is 20.6 Å². The van der Waals surface area contributed by atoms with Crippen molar-refractivity contribution in [3.05, 3.63) is 36.0 Å². The number of nitrogens with one attached hydrogen (secondary N) is 1. The molecule has 0 saturated carbocycles. The predicted molar refractivity (Wildman–Crippen MR) is 74.8 cm³/mol. The lowest BCUT2D eigenvalue weighted by Gasteiger charge is -2.04. The third-order valence-electron chi connectivity index (χ3n) is 2.41. The highest BCUT2D eigenvalue weighted by Crippen LogP contribution is 2.19. The summed E-state index contributed by atoms with van der Waals surface area (Å²) >= 11 is 0. The number of aromatic nitrogens is 1. The first-order valence-corrected chi connectivity index (χ1v) is 5.95. The summed E-state index contributed by atoms with van der Waals surface area (Å²) in [5, 5.41) is 15.9. The Kier molecular flexibility index (Phi) is 5.75. The van der Waals surface area contributed by atoms with Crippen molar-refractivity contribution in [3.8, 4) is 0 Å². The van der Waals surface area contributed by atoms with Gasteiger partial charge < -0.3 is 19.8 Å². The Morgan fingerprint density at radius 3 is 2.68 bits per heavy atom. The number of carboxylic acid groups (broad SMARTS) is 1. The molecule has 0 bridgehead atoms. The van der Waals surface area contributed by atoms with E-state index < -0.39 is 5.97 Å². The molecule has 0 saturated heterocycles. The van der Waals surface area contributed by atoms with Gasteiger partial charge in [0.05, 0.1) is 5.52 Å². The molecule has 0 aliphatic carbocycles. The molecule has 5 nitrogen and oxygen atoms in total. The molecule has 0 radical (unpaired) electrons. The fourth-order valence-corrected chi connectivity index (χ4v) is 1.69. The van der Waals surface area contributed by atoms with Gasteiger partial charge in [-0.25, -0.2) is 0 Å². The molecule has 1 aromatic heterocycles. The second-order valence-electron chi connectivity index (χ2n) is 3.86. The van der Waals surface area contributed by atoms with Crippen LogP contribution in [0.5, 0.6) is 0 Å². The minimum atomic E-state index is -0.833. The smallest absolute Gasteiger partial charge is 0.300 e. The van der Waals surface area contributed by atoms with Gasteiger partial charge in [-0.3, -0.25) is 4.79 Å². The molecule has 0 aliphatic rings. The molecule has 2 aromatic rings. The van der Waals surface area contributed by atoms with Crippen molar-refractivity contribution < 1.29 is 14.6 Å². The second kappa shape index (κ2) is 7.33. The van der Waals surface area contributed by atoms with Crippen LogP contribution < -0.4 is 0 Å². The van der Waals surface area contributed by atoms with Crippen molar-refractivity contribution in [2.24, 2.45) is 0 Å². The largest absolute Gasteiger partial charge is 0.481 e. The molecular weight excluding hydrogens is 244 g/mol. The van der Waals surface area contributed by atoms with Crippen molar-refractivity contribution in [2.75, 3.05) is 6.61 Å². The number of fused-ring (bicyclic) bond motifs is 1. The van der Waals surface area contributed by atoms with Crippen LogP contribution in [0.2, 0.25) is 0 Å². The molecule has 0 spiro atoms. The van der Waals surface area contributed by atoms with Crippen LogP contribution >= 0.6 is 0 Å². The molecule has 5 heteroatoms. The molecule has 1 aromatic carbocycles. The van der Waals surface area contributed by atoms with Crippen LogP contribution in [-0.2, 0) is 16.3 Å². The van der Waals surface area contributed by atoms with E-state index in [-0.39, 0.29) is 0 Å². The zero-order valence-electron chi connectivity index (χ0n) is 11.1. The van der Waals surface area contributed by atoms with E-state index >= 15 is 0 Å². The first-order valence-electron chi connectivity index (χ1n) is 5.95. The summed E-state index contributed by atoms with van der Waals surface area (Å²) in [5.74, 6) is -0.833. The fraction of sp³-hybridized carbons (Fsp3) is 0.286. The van der Waals surface area contributed by atoms with E-state index in [0.717, 1.165) is 23.4 Å². The van der Waals surface area contributed by atoms with E-state index in [0.29, 0.717) is 13.3 Å². The summed E-state index contributed by atoms with van der Waals surface area (Å²) in [6.07, 6.45) is 3.33. The van der Waals surface area contributed by atoms with E-state index in [4.69, 9.17) is 20.0 Å². The number of carbonyl (C=O) groups is 1. The number of carboxylic acids is 1. The van der Waals surface area contributed by atoms with Crippen molar-refractivity contribution in [1.82, 2.24) is 4.57 Å².